The molecular formula is C21H30IN5OS. The highest BCUT2D eigenvalue weighted by Crippen LogP contribution is 2.26. The number of anilines is 1. The van der Waals surface area contributed by atoms with Crippen LogP contribution in [0.2, 0.25) is 0 Å². The molecule has 1 amide bonds. The lowest BCUT2D eigenvalue weighted by Crippen LogP contribution is -2.36. The number of nitrogens with one attached hydrogen (secondary N) is 3. The SMILES string of the molecule is CCc1cnc(CNC(=NC)NCc2cccc(NC(=O)C3CCCC3)c2)s1.I. The Bertz CT molecular complexity index is 817. The first kappa shape index (κ1) is 23.6. The number of amides is 1. The van der Waals surface area contributed by atoms with Crippen molar-refractivity contribution in [3.8, 4) is 0 Å². The molecule has 0 aliphatic heterocycles. The van der Waals surface area contributed by atoms with Crippen molar-refractivity contribution in [3.05, 3.63) is 45.9 Å². The molecule has 3 rings (SSSR count). The highest BCUT2D eigenvalue weighted by Gasteiger charge is 2.22. The molecule has 8 heteroatoms. The molecule has 1 fully saturated rings. The molecule has 0 unspecified atom stereocenters. The number of halogens is 1. The van der Waals surface area contributed by atoms with Gasteiger partial charge in [0.15, 0.2) is 5.96 Å². The van der Waals surface area contributed by atoms with Gasteiger partial charge in [-0.3, -0.25) is 9.79 Å². The van der Waals surface area contributed by atoms with Crippen molar-refractivity contribution < 1.29 is 4.79 Å². The van der Waals surface area contributed by atoms with E-state index >= 15 is 0 Å². The van der Waals surface area contributed by atoms with E-state index in [2.05, 4.69) is 32.9 Å². The van der Waals surface area contributed by atoms with Gasteiger partial charge >= 0.3 is 0 Å². The Kier molecular flexibility index (Phi) is 9.86. The Morgan fingerprint density at radius 1 is 1.24 bits per heavy atom. The summed E-state index contributed by atoms with van der Waals surface area (Å²) < 4.78 is 0. The van der Waals surface area contributed by atoms with Crippen LogP contribution in [0.4, 0.5) is 5.69 Å². The van der Waals surface area contributed by atoms with Gasteiger partial charge < -0.3 is 16.0 Å². The van der Waals surface area contributed by atoms with Crippen LogP contribution in [0.1, 0.15) is 48.1 Å². The lowest BCUT2D eigenvalue weighted by molar-refractivity contribution is -0.119. The highest BCUT2D eigenvalue weighted by atomic mass is 127. The van der Waals surface area contributed by atoms with Crippen LogP contribution in [0, 0.1) is 5.92 Å². The fourth-order valence-corrected chi connectivity index (χ4v) is 4.15. The summed E-state index contributed by atoms with van der Waals surface area (Å²) in [5.74, 6) is 1.05. The van der Waals surface area contributed by atoms with Crippen LogP contribution < -0.4 is 16.0 Å². The largest absolute Gasteiger partial charge is 0.352 e. The quantitative estimate of drug-likeness (QED) is 0.285. The summed E-state index contributed by atoms with van der Waals surface area (Å²) in [6, 6.07) is 7.97. The Balaban J connectivity index is 0.00000300. The van der Waals surface area contributed by atoms with E-state index in [4.69, 9.17) is 0 Å². The van der Waals surface area contributed by atoms with Crippen molar-refractivity contribution in [1.29, 1.82) is 0 Å². The zero-order valence-corrected chi connectivity index (χ0v) is 20.2. The molecule has 0 atom stereocenters. The van der Waals surface area contributed by atoms with Crippen LogP contribution in [0.25, 0.3) is 0 Å². The van der Waals surface area contributed by atoms with Crippen LogP contribution in [-0.4, -0.2) is 23.9 Å². The zero-order chi connectivity index (χ0) is 19.8. The Labute approximate surface area is 194 Å². The maximum Gasteiger partial charge on any atom is 0.227 e. The lowest BCUT2D eigenvalue weighted by Gasteiger charge is -2.13. The van der Waals surface area contributed by atoms with Gasteiger partial charge in [-0.2, -0.15) is 0 Å². The molecule has 1 aromatic carbocycles. The van der Waals surface area contributed by atoms with Gasteiger partial charge in [0.05, 0.1) is 6.54 Å². The van der Waals surface area contributed by atoms with E-state index in [1.165, 1.54) is 4.88 Å². The van der Waals surface area contributed by atoms with Crippen molar-refractivity contribution >= 4 is 52.9 Å². The third kappa shape index (κ3) is 7.26. The molecule has 158 valence electrons. The van der Waals surface area contributed by atoms with E-state index in [0.717, 1.165) is 54.3 Å². The number of hydrogen-bond acceptors (Lipinski definition) is 4. The average molecular weight is 527 g/mol. The van der Waals surface area contributed by atoms with E-state index in [1.54, 1.807) is 18.4 Å². The average Bonchev–Trinajstić information content (AvgIpc) is 3.40. The standard InChI is InChI=1S/C21H29N5OS.HI/c1-3-18-13-23-19(28-18)14-25-21(22-2)24-12-15-7-6-10-17(11-15)26-20(27)16-8-4-5-9-16;/h6-7,10-11,13,16H,3-5,8-9,12,14H2,1-2H3,(H,26,27)(H2,22,24,25);1H. The Morgan fingerprint density at radius 3 is 2.69 bits per heavy atom. The summed E-state index contributed by atoms with van der Waals surface area (Å²) in [4.78, 5) is 22.3. The van der Waals surface area contributed by atoms with Crippen molar-refractivity contribution in [1.82, 2.24) is 15.6 Å². The normalized spacial score (nSPS) is 14.3. The molecule has 0 spiro atoms. The molecule has 0 radical (unpaired) electrons. The highest BCUT2D eigenvalue weighted by molar-refractivity contribution is 14.0. The second kappa shape index (κ2) is 12.1. The van der Waals surface area contributed by atoms with Crippen LogP contribution in [0.15, 0.2) is 35.5 Å². The molecular weight excluding hydrogens is 497 g/mol. The number of aromatic nitrogens is 1. The number of guanidine groups is 1. The molecule has 1 aliphatic rings. The summed E-state index contributed by atoms with van der Waals surface area (Å²) in [6.45, 7) is 3.42. The van der Waals surface area contributed by atoms with Gasteiger partial charge in [-0.05, 0) is 37.0 Å². The third-order valence-corrected chi connectivity index (χ3v) is 6.10. The summed E-state index contributed by atoms with van der Waals surface area (Å²) in [7, 11) is 1.76. The zero-order valence-electron chi connectivity index (χ0n) is 17.0. The predicted octanol–water partition coefficient (Wildman–Crippen LogP) is 4.32. The number of thiazole rings is 1. The minimum atomic E-state index is 0. The molecule has 1 aliphatic carbocycles. The molecule has 2 aromatic rings. The summed E-state index contributed by atoms with van der Waals surface area (Å²) in [5, 5.41) is 10.7. The van der Waals surface area contributed by atoms with Gasteiger partial charge in [-0.25, -0.2) is 4.98 Å². The number of nitrogens with zero attached hydrogens (tertiary/aromatic N) is 2. The van der Waals surface area contributed by atoms with Crippen molar-refractivity contribution in [2.75, 3.05) is 12.4 Å². The van der Waals surface area contributed by atoms with E-state index in [-0.39, 0.29) is 35.8 Å². The first-order chi connectivity index (χ1) is 13.7. The van der Waals surface area contributed by atoms with Gasteiger partial charge in [-0.1, -0.05) is 31.9 Å². The van der Waals surface area contributed by atoms with Crippen molar-refractivity contribution in [3.63, 3.8) is 0 Å². The molecule has 3 N–H and O–H groups in total. The summed E-state index contributed by atoms with van der Waals surface area (Å²) >= 11 is 1.72. The lowest BCUT2D eigenvalue weighted by atomic mass is 10.1. The van der Waals surface area contributed by atoms with Gasteiger partial charge in [0.1, 0.15) is 5.01 Å². The van der Waals surface area contributed by atoms with E-state index in [1.807, 2.05) is 30.5 Å². The Morgan fingerprint density at radius 2 is 2.00 bits per heavy atom. The molecule has 1 saturated carbocycles. The van der Waals surface area contributed by atoms with Gasteiger partial charge in [0.25, 0.3) is 0 Å². The van der Waals surface area contributed by atoms with E-state index in [0.29, 0.717) is 13.1 Å². The molecule has 29 heavy (non-hydrogen) atoms. The molecule has 1 heterocycles. The minimum absolute atomic E-state index is 0. The molecule has 1 aromatic heterocycles. The first-order valence-corrected chi connectivity index (χ1v) is 10.8. The summed E-state index contributed by atoms with van der Waals surface area (Å²) in [6.07, 6.45) is 7.28. The van der Waals surface area contributed by atoms with Crippen molar-refractivity contribution in [2.45, 2.75) is 52.1 Å². The first-order valence-electron chi connectivity index (χ1n) is 9.96. The third-order valence-electron chi connectivity index (χ3n) is 4.96. The van der Waals surface area contributed by atoms with Crippen molar-refractivity contribution in [2.24, 2.45) is 10.9 Å². The Hall–Kier alpha value is -1.68. The van der Waals surface area contributed by atoms with E-state index in [9.17, 15) is 4.79 Å². The van der Waals surface area contributed by atoms with Crippen LogP contribution in [-0.2, 0) is 24.3 Å². The number of carbonyl (C=O) groups is 1. The smallest absolute Gasteiger partial charge is 0.227 e. The number of benzene rings is 1. The molecule has 0 bridgehead atoms. The monoisotopic (exact) mass is 527 g/mol. The molecule has 6 nitrogen and oxygen atoms in total. The number of hydrogen-bond donors (Lipinski definition) is 3. The number of aryl methyl sites for hydroxylation is 1. The van der Waals surface area contributed by atoms with Crippen LogP contribution in [0.3, 0.4) is 0 Å². The summed E-state index contributed by atoms with van der Waals surface area (Å²) in [5.41, 5.74) is 1.95. The fourth-order valence-electron chi connectivity index (χ4n) is 3.35. The van der Waals surface area contributed by atoms with Gasteiger partial charge in [-0.15, -0.1) is 35.3 Å². The topological polar surface area (TPSA) is 78.4 Å². The number of carbonyl (C=O) groups excluding carboxylic acids is 1. The van der Waals surface area contributed by atoms with E-state index < -0.39 is 0 Å². The second-order valence-electron chi connectivity index (χ2n) is 7.02. The molecule has 0 saturated heterocycles. The fraction of sp³-hybridized carbons (Fsp3) is 0.476. The van der Waals surface area contributed by atoms with Gasteiger partial charge in [0.2, 0.25) is 5.91 Å². The van der Waals surface area contributed by atoms with Gasteiger partial charge in [0, 0.05) is 36.3 Å². The number of rotatable bonds is 7. The second-order valence-corrected chi connectivity index (χ2v) is 8.22. The van der Waals surface area contributed by atoms with Crippen LogP contribution in [0.5, 0.6) is 0 Å². The minimum Gasteiger partial charge on any atom is -0.352 e. The van der Waals surface area contributed by atoms with Crippen LogP contribution >= 0.6 is 35.3 Å². The maximum absolute atomic E-state index is 12.3. The maximum atomic E-state index is 12.3. The predicted molar refractivity (Wildman–Crippen MR) is 131 cm³/mol. The number of aliphatic imine (C=N–C) groups is 1.